The first-order valence-electron chi connectivity index (χ1n) is 10.1. The van der Waals surface area contributed by atoms with Gasteiger partial charge in [0.25, 0.3) is 0 Å². The number of ether oxygens (including phenoxy) is 2. The van der Waals surface area contributed by atoms with Crippen LogP contribution in [0, 0.1) is 5.82 Å². The molecule has 0 radical (unpaired) electrons. The van der Waals surface area contributed by atoms with Crippen LogP contribution >= 0.6 is 0 Å². The lowest BCUT2D eigenvalue weighted by molar-refractivity contribution is -0.139. The molecule has 0 spiro atoms. The molecule has 2 heterocycles. The predicted octanol–water partition coefficient (Wildman–Crippen LogP) is -0.873. The fraction of sp³-hybridized carbons (Fsp3) is 0.579. The molecule has 0 saturated carbocycles. The quantitative estimate of drug-likeness (QED) is 0.384. The summed E-state index contributed by atoms with van der Waals surface area (Å²) in [6.07, 6.45) is -0.248. The number of carbonyl (C=O) groups excluding carboxylic acids is 2. The summed E-state index contributed by atoms with van der Waals surface area (Å²) < 4.78 is 50.4. The number of hydrogen-bond donors (Lipinski definition) is 2. The molecule has 0 bridgehead atoms. The Labute approximate surface area is 180 Å². The minimum absolute atomic E-state index is 0.0752. The second-order valence-corrected chi connectivity index (χ2v) is 9.06. The molecule has 172 valence electrons. The van der Waals surface area contributed by atoms with E-state index in [-0.39, 0.29) is 24.6 Å². The third-order valence-electron chi connectivity index (χ3n) is 5.05. The topological polar surface area (TPSA) is 117 Å². The predicted molar refractivity (Wildman–Crippen MR) is 108 cm³/mol. The molecule has 1 aromatic carbocycles. The van der Waals surface area contributed by atoms with Gasteiger partial charge in [-0.15, -0.1) is 0 Å². The maximum atomic E-state index is 13.1. The lowest BCUT2D eigenvalue weighted by Gasteiger charge is -2.26. The summed E-state index contributed by atoms with van der Waals surface area (Å²) in [6.45, 7) is 4.33. The monoisotopic (exact) mass is 458 g/mol. The fourth-order valence-electron chi connectivity index (χ4n) is 3.35. The van der Waals surface area contributed by atoms with Gasteiger partial charge >= 0.3 is 11.8 Å². The molecule has 1 aromatic rings. The molecule has 2 saturated heterocycles. The molecule has 12 heteroatoms. The van der Waals surface area contributed by atoms with E-state index in [1.54, 1.807) is 0 Å². The molecule has 3 rings (SSSR count). The maximum Gasteiger partial charge on any atom is 0.309 e. The minimum atomic E-state index is -3.92. The van der Waals surface area contributed by atoms with Crippen molar-refractivity contribution in [2.45, 2.75) is 17.5 Å². The van der Waals surface area contributed by atoms with Gasteiger partial charge in [0.2, 0.25) is 10.0 Å². The van der Waals surface area contributed by atoms with Crippen molar-refractivity contribution >= 4 is 21.8 Å². The molecule has 0 aliphatic carbocycles. The largest absolute Gasteiger partial charge is 0.379 e. The first kappa shape index (κ1) is 23.5. The van der Waals surface area contributed by atoms with Crippen molar-refractivity contribution in [2.24, 2.45) is 0 Å². The Morgan fingerprint density at radius 3 is 2.42 bits per heavy atom. The van der Waals surface area contributed by atoms with Crippen LogP contribution in [0.1, 0.15) is 6.42 Å². The Morgan fingerprint density at radius 2 is 1.71 bits per heavy atom. The van der Waals surface area contributed by atoms with Crippen molar-refractivity contribution in [3.05, 3.63) is 30.1 Å². The van der Waals surface area contributed by atoms with E-state index in [0.717, 1.165) is 36.1 Å². The zero-order valence-corrected chi connectivity index (χ0v) is 17.9. The van der Waals surface area contributed by atoms with Crippen LogP contribution in [-0.2, 0) is 29.1 Å². The van der Waals surface area contributed by atoms with E-state index in [4.69, 9.17) is 9.47 Å². The summed E-state index contributed by atoms with van der Waals surface area (Å²) in [4.78, 5) is 26.2. The molecular weight excluding hydrogens is 431 g/mol. The standard InChI is InChI=1S/C19H27FN4O6S/c20-15-2-4-16(5-3-15)31(27,28)24-10-13-30-17(24)14-22-19(26)18(25)21-6-1-7-23-8-11-29-12-9-23/h2-5,17H,1,6-14H2,(H,21,25)(H,22,26)/t17-/m1/s1. The highest BCUT2D eigenvalue weighted by molar-refractivity contribution is 7.89. The number of nitrogens with zero attached hydrogens (tertiary/aromatic N) is 2. The Morgan fingerprint density at radius 1 is 1.03 bits per heavy atom. The number of morpholine rings is 1. The first-order valence-corrected chi connectivity index (χ1v) is 11.6. The van der Waals surface area contributed by atoms with Gasteiger partial charge in [0.15, 0.2) is 0 Å². The number of hydrogen-bond acceptors (Lipinski definition) is 7. The van der Waals surface area contributed by atoms with Crippen LogP contribution < -0.4 is 10.6 Å². The molecule has 1 atom stereocenters. The number of nitrogens with one attached hydrogen (secondary N) is 2. The average molecular weight is 459 g/mol. The lowest BCUT2D eigenvalue weighted by Crippen LogP contribution is -2.47. The molecule has 0 aromatic heterocycles. The first-order chi connectivity index (χ1) is 14.9. The molecule has 10 nitrogen and oxygen atoms in total. The molecule has 2 aliphatic heterocycles. The molecule has 2 aliphatic rings. The van der Waals surface area contributed by atoms with Crippen LogP contribution in [0.25, 0.3) is 0 Å². The van der Waals surface area contributed by atoms with Crippen molar-refractivity contribution < 1.29 is 31.9 Å². The summed E-state index contributed by atoms with van der Waals surface area (Å²) in [7, 11) is -3.92. The van der Waals surface area contributed by atoms with Gasteiger partial charge in [0, 0.05) is 26.2 Å². The third-order valence-corrected chi connectivity index (χ3v) is 6.95. The second kappa shape index (κ2) is 11.0. The zero-order chi connectivity index (χ0) is 22.3. The van der Waals surface area contributed by atoms with Crippen LogP contribution in [0.4, 0.5) is 4.39 Å². The Balaban J connectivity index is 1.43. The highest BCUT2D eigenvalue weighted by atomic mass is 32.2. The summed E-state index contributed by atoms with van der Waals surface area (Å²) in [5.74, 6) is -2.19. The van der Waals surface area contributed by atoms with Gasteiger partial charge in [-0.25, -0.2) is 12.8 Å². The van der Waals surface area contributed by atoms with Crippen molar-refractivity contribution in [1.82, 2.24) is 19.8 Å². The average Bonchev–Trinajstić information content (AvgIpc) is 3.25. The van der Waals surface area contributed by atoms with Crippen LogP contribution in [-0.4, -0.2) is 94.8 Å². The van der Waals surface area contributed by atoms with E-state index in [0.29, 0.717) is 26.2 Å². The molecule has 2 N–H and O–H groups in total. The summed E-state index contributed by atoms with van der Waals surface area (Å²) in [6, 6.07) is 4.46. The van der Waals surface area contributed by atoms with E-state index in [1.807, 2.05) is 0 Å². The Kier molecular flexibility index (Phi) is 8.32. The van der Waals surface area contributed by atoms with E-state index in [1.165, 1.54) is 12.1 Å². The highest BCUT2D eigenvalue weighted by Gasteiger charge is 2.36. The van der Waals surface area contributed by atoms with Crippen molar-refractivity contribution in [1.29, 1.82) is 0 Å². The second-order valence-electron chi connectivity index (χ2n) is 7.17. The van der Waals surface area contributed by atoms with Crippen molar-refractivity contribution in [3.8, 4) is 0 Å². The smallest absolute Gasteiger partial charge is 0.309 e. The van der Waals surface area contributed by atoms with Crippen LogP contribution in [0.3, 0.4) is 0 Å². The summed E-state index contributed by atoms with van der Waals surface area (Å²) in [5.41, 5.74) is 0. The number of amides is 2. The normalized spacial score (nSPS) is 20.5. The van der Waals surface area contributed by atoms with Gasteiger partial charge in [0.1, 0.15) is 12.0 Å². The van der Waals surface area contributed by atoms with Gasteiger partial charge in [-0.2, -0.15) is 4.31 Å². The zero-order valence-electron chi connectivity index (χ0n) is 17.1. The molecule has 2 fully saturated rings. The van der Waals surface area contributed by atoms with Gasteiger partial charge in [-0.1, -0.05) is 0 Å². The number of benzene rings is 1. The van der Waals surface area contributed by atoms with Crippen LogP contribution in [0.15, 0.2) is 29.2 Å². The van der Waals surface area contributed by atoms with Crippen molar-refractivity contribution in [3.63, 3.8) is 0 Å². The number of carbonyl (C=O) groups is 2. The van der Waals surface area contributed by atoms with Crippen LogP contribution in [0.5, 0.6) is 0 Å². The maximum absolute atomic E-state index is 13.1. The molecule has 2 amide bonds. The van der Waals surface area contributed by atoms with E-state index >= 15 is 0 Å². The van der Waals surface area contributed by atoms with Crippen LogP contribution in [0.2, 0.25) is 0 Å². The Bertz CT molecular complexity index is 861. The van der Waals surface area contributed by atoms with E-state index in [2.05, 4.69) is 15.5 Å². The molecular formula is C19H27FN4O6S. The van der Waals surface area contributed by atoms with Gasteiger partial charge in [0.05, 0.1) is 31.3 Å². The van der Waals surface area contributed by atoms with Gasteiger partial charge < -0.3 is 20.1 Å². The number of halogens is 1. The number of rotatable bonds is 8. The Hall–Kier alpha value is -2.12. The van der Waals surface area contributed by atoms with Crippen molar-refractivity contribution in [2.75, 3.05) is 59.1 Å². The fourth-order valence-corrected chi connectivity index (χ4v) is 4.86. The van der Waals surface area contributed by atoms with E-state index in [9.17, 15) is 22.4 Å². The number of sulfonamides is 1. The summed E-state index contributed by atoms with van der Waals surface area (Å²) >= 11 is 0. The SMILES string of the molecule is O=C(NCCCN1CCOCC1)C(=O)NC[C@H]1OCCN1S(=O)(=O)c1ccc(F)cc1. The summed E-state index contributed by atoms with van der Waals surface area (Å²) in [5, 5.41) is 4.96. The highest BCUT2D eigenvalue weighted by Crippen LogP contribution is 2.22. The van der Waals surface area contributed by atoms with E-state index < -0.39 is 33.9 Å². The van der Waals surface area contributed by atoms with Gasteiger partial charge in [-0.3, -0.25) is 14.5 Å². The minimum Gasteiger partial charge on any atom is -0.379 e. The molecule has 31 heavy (non-hydrogen) atoms. The van der Waals surface area contributed by atoms with Gasteiger partial charge in [-0.05, 0) is 37.2 Å². The molecule has 0 unspecified atom stereocenters. The lowest BCUT2D eigenvalue weighted by atomic mass is 10.3. The third kappa shape index (κ3) is 6.43.